The fraction of sp³-hybridized carbons (Fsp3) is 0.458. The van der Waals surface area contributed by atoms with Crippen LogP contribution in [0.5, 0.6) is 0 Å². The third kappa shape index (κ3) is 6.56. The average molecular weight is 433 g/mol. The number of hydrogen-bond donors (Lipinski definition) is 0. The molecule has 0 N–H and O–H groups in total. The van der Waals surface area contributed by atoms with Crippen molar-refractivity contribution in [1.29, 1.82) is 0 Å². The van der Waals surface area contributed by atoms with Crippen LogP contribution in [0.15, 0.2) is 48.5 Å². The van der Waals surface area contributed by atoms with Gasteiger partial charge in [-0.1, -0.05) is 24.3 Å². The molecule has 0 spiro atoms. The van der Waals surface area contributed by atoms with Crippen molar-refractivity contribution in [1.82, 2.24) is 9.80 Å². The molecule has 31 heavy (non-hydrogen) atoms. The molecule has 0 unspecified atom stereocenters. The highest BCUT2D eigenvalue weighted by Crippen LogP contribution is 2.34. The van der Waals surface area contributed by atoms with E-state index in [4.69, 9.17) is 9.47 Å². The summed E-state index contributed by atoms with van der Waals surface area (Å²) in [4.78, 5) is 16.6. The molecule has 2 aromatic rings. The predicted molar refractivity (Wildman–Crippen MR) is 115 cm³/mol. The molecule has 3 rings (SSSR count). The van der Waals surface area contributed by atoms with E-state index in [1.54, 1.807) is 36.3 Å². The van der Waals surface area contributed by atoms with Gasteiger partial charge in [0.2, 0.25) is 5.91 Å². The van der Waals surface area contributed by atoms with Crippen LogP contribution in [-0.2, 0) is 20.8 Å². The van der Waals surface area contributed by atoms with Crippen molar-refractivity contribution in [3.8, 4) is 0 Å². The van der Waals surface area contributed by atoms with E-state index in [9.17, 15) is 13.6 Å². The molecule has 1 heterocycles. The number of halogens is 2. The lowest BCUT2D eigenvalue weighted by Crippen LogP contribution is -2.41. The summed E-state index contributed by atoms with van der Waals surface area (Å²) in [5.41, 5.74) is 1.95. The number of carbonyl (C=O) groups is 1. The first-order valence-corrected chi connectivity index (χ1v) is 10.5. The molecule has 7 heteroatoms. The summed E-state index contributed by atoms with van der Waals surface area (Å²) < 4.78 is 37.4. The van der Waals surface area contributed by atoms with E-state index in [0.29, 0.717) is 26.2 Å². The number of likely N-dealkylation sites (tertiary alicyclic amines) is 1. The quantitative estimate of drug-likeness (QED) is 0.578. The second-order valence-corrected chi connectivity index (χ2v) is 8.01. The lowest BCUT2D eigenvalue weighted by atomic mass is 9.88. The molecule has 1 fully saturated rings. The second-order valence-electron chi connectivity index (χ2n) is 8.01. The van der Waals surface area contributed by atoms with E-state index in [1.165, 1.54) is 25.3 Å². The Labute approximate surface area is 182 Å². The summed E-state index contributed by atoms with van der Waals surface area (Å²) in [6.45, 7) is 3.62. The minimum atomic E-state index is -0.264. The van der Waals surface area contributed by atoms with Crippen LogP contribution in [0, 0.1) is 17.6 Å². The lowest BCUT2D eigenvalue weighted by molar-refractivity contribution is -0.136. The second kappa shape index (κ2) is 11.3. The van der Waals surface area contributed by atoms with Gasteiger partial charge >= 0.3 is 0 Å². The van der Waals surface area contributed by atoms with E-state index in [-0.39, 0.29) is 36.0 Å². The summed E-state index contributed by atoms with van der Waals surface area (Å²) in [5.74, 6) is -0.406. The van der Waals surface area contributed by atoms with Crippen molar-refractivity contribution in [2.24, 2.45) is 5.92 Å². The number of nitrogens with zero attached hydrogens (tertiary/aromatic N) is 2. The van der Waals surface area contributed by atoms with Crippen molar-refractivity contribution in [2.75, 3.05) is 53.6 Å². The van der Waals surface area contributed by atoms with Crippen LogP contribution >= 0.6 is 0 Å². The Morgan fingerprint density at radius 1 is 1.06 bits per heavy atom. The van der Waals surface area contributed by atoms with Crippen LogP contribution in [0.3, 0.4) is 0 Å². The molecule has 1 aliphatic rings. The molecule has 0 saturated carbocycles. The lowest BCUT2D eigenvalue weighted by Gasteiger charge is -2.28. The first-order valence-electron chi connectivity index (χ1n) is 10.5. The maximum absolute atomic E-state index is 13.9. The zero-order valence-electron chi connectivity index (χ0n) is 18.1. The summed E-state index contributed by atoms with van der Waals surface area (Å²) >= 11 is 0. The Morgan fingerprint density at radius 3 is 2.52 bits per heavy atom. The van der Waals surface area contributed by atoms with E-state index in [2.05, 4.69) is 4.90 Å². The zero-order chi connectivity index (χ0) is 22.2. The number of ether oxygens (including phenoxy) is 2. The predicted octanol–water partition coefficient (Wildman–Crippen LogP) is 3.30. The third-order valence-corrected chi connectivity index (χ3v) is 5.75. The number of carbonyl (C=O) groups excluding carboxylic acids is 1. The number of methoxy groups -OCH3 is 2. The van der Waals surface area contributed by atoms with Crippen molar-refractivity contribution in [3.63, 3.8) is 0 Å². The molecule has 5 nitrogen and oxygen atoms in total. The summed E-state index contributed by atoms with van der Waals surface area (Å²) in [7, 11) is 3.11. The summed E-state index contributed by atoms with van der Waals surface area (Å²) in [6, 6.07) is 13.2. The molecule has 2 aromatic carbocycles. The van der Waals surface area contributed by atoms with Crippen LogP contribution in [0.1, 0.15) is 17.0 Å². The van der Waals surface area contributed by atoms with Crippen molar-refractivity contribution >= 4 is 5.91 Å². The first-order chi connectivity index (χ1) is 15.0. The van der Waals surface area contributed by atoms with E-state index >= 15 is 0 Å². The molecule has 0 aromatic heterocycles. The average Bonchev–Trinajstić information content (AvgIpc) is 3.15. The normalized spacial score (nSPS) is 19.0. The fourth-order valence-electron chi connectivity index (χ4n) is 4.25. The van der Waals surface area contributed by atoms with Crippen LogP contribution in [-0.4, -0.2) is 69.3 Å². The van der Waals surface area contributed by atoms with Crippen LogP contribution in [0.4, 0.5) is 8.78 Å². The number of hydrogen-bond acceptors (Lipinski definition) is 4. The van der Waals surface area contributed by atoms with Gasteiger partial charge in [0.1, 0.15) is 18.2 Å². The Balaban J connectivity index is 1.79. The van der Waals surface area contributed by atoms with Gasteiger partial charge in [-0.15, -0.1) is 0 Å². The Kier molecular flexibility index (Phi) is 8.51. The molecule has 0 radical (unpaired) electrons. The van der Waals surface area contributed by atoms with Gasteiger partial charge < -0.3 is 14.4 Å². The zero-order valence-corrected chi connectivity index (χ0v) is 18.1. The fourth-order valence-corrected chi connectivity index (χ4v) is 4.25. The van der Waals surface area contributed by atoms with Crippen LogP contribution < -0.4 is 0 Å². The van der Waals surface area contributed by atoms with E-state index in [1.807, 2.05) is 6.07 Å². The largest absolute Gasteiger partial charge is 0.383 e. The monoisotopic (exact) mass is 432 g/mol. The molecule has 2 atom stereocenters. The van der Waals surface area contributed by atoms with Crippen molar-refractivity contribution in [3.05, 3.63) is 71.3 Å². The maximum atomic E-state index is 13.9. The number of benzene rings is 2. The number of rotatable bonds is 10. The minimum absolute atomic E-state index is 0.0142. The standard InChI is InChI=1S/C24H30F2N2O3/c1-30-11-10-28(24(29)17-31-2)15-20-14-27(13-18-6-8-21(25)9-7-18)16-23(20)19-4-3-5-22(26)12-19/h3-9,12,20,23H,10-11,13-17H2,1-2H3/t20-,23+/m1/s1. The number of amides is 1. The van der Waals surface area contributed by atoms with Gasteiger partial charge in [-0.25, -0.2) is 8.78 Å². The third-order valence-electron chi connectivity index (χ3n) is 5.75. The highest BCUT2D eigenvalue weighted by molar-refractivity contribution is 5.77. The molecular weight excluding hydrogens is 402 g/mol. The Morgan fingerprint density at radius 2 is 1.84 bits per heavy atom. The SMILES string of the molecule is COCCN(C[C@H]1CN(Cc2ccc(F)cc2)C[C@H]1c1cccc(F)c1)C(=O)COC. The first kappa shape index (κ1) is 23.3. The van der Waals surface area contributed by atoms with E-state index in [0.717, 1.165) is 24.2 Å². The van der Waals surface area contributed by atoms with Crippen LogP contribution in [0.25, 0.3) is 0 Å². The molecule has 1 amide bonds. The molecule has 168 valence electrons. The van der Waals surface area contributed by atoms with Crippen molar-refractivity contribution < 1.29 is 23.0 Å². The van der Waals surface area contributed by atoms with Crippen LogP contribution in [0.2, 0.25) is 0 Å². The van der Waals surface area contributed by atoms with Gasteiger partial charge in [0.25, 0.3) is 0 Å². The van der Waals surface area contributed by atoms with Gasteiger partial charge in [-0.05, 0) is 41.3 Å². The summed E-state index contributed by atoms with van der Waals surface area (Å²) in [5, 5.41) is 0. The molecule has 1 saturated heterocycles. The highest BCUT2D eigenvalue weighted by atomic mass is 19.1. The van der Waals surface area contributed by atoms with Gasteiger partial charge in [0.05, 0.1) is 6.61 Å². The van der Waals surface area contributed by atoms with Gasteiger partial charge in [-0.3, -0.25) is 9.69 Å². The van der Waals surface area contributed by atoms with Gasteiger partial charge in [0, 0.05) is 52.9 Å². The molecule has 1 aliphatic heterocycles. The van der Waals surface area contributed by atoms with E-state index < -0.39 is 0 Å². The molecule has 0 bridgehead atoms. The Bertz CT molecular complexity index is 847. The Hall–Kier alpha value is -2.35. The maximum Gasteiger partial charge on any atom is 0.248 e. The van der Waals surface area contributed by atoms with Crippen molar-refractivity contribution in [2.45, 2.75) is 12.5 Å². The molecular formula is C24H30F2N2O3. The highest BCUT2D eigenvalue weighted by Gasteiger charge is 2.35. The van der Waals surface area contributed by atoms with Gasteiger partial charge in [-0.2, -0.15) is 0 Å². The summed E-state index contributed by atoms with van der Waals surface area (Å²) in [6.07, 6.45) is 0. The molecule has 0 aliphatic carbocycles. The minimum Gasteiger partial charge on any atom is -0.383 e. The van der Waals surface area contributed by atoms with Gasteiger partial charge in [0.15, 0.2) is 0 Å². The topological polar surface area (TPSA) is 42.0 Å². The smallest absolute Gasteiger partial charge is 0.248 e.